The summed E-state index contributed by atoms with van der Waals surface area (Å²) in [5.41, 5.74) is 2.74. The molecular weight excluding hydrogens is 491 g/mol. The molecule has 3 aromatic rings. The molecule has 0 spiro atoms. The van der Waals surface area contributed by atoms with Crippen molar-refractivity contribution in [1.29, 1.82) is 0 Å². The van der Waals surface area contributed by atoms with Gasteiger partial charge in [-0.25, -0.2) is 0 Å². The number of halogens is 2. The minimum Gasteiger partial charge on any atom is -0.508 e. The van der Waals surface area contributed by atoms with E-state index in [4.69, 9.17) is 28.3 Å². The summed E-state index contributed by atoms with van der Waals surface area (Å²) in [4.78, 5) is 28.7. The van der Waals surface area contributed by atoms with Crippen LogP contribution in [0.2, 0.25) is 16.6 Å². The zero-order valence-electron chi connectivity index (χ0n) is 18.8. The van der Waals surface area contributed by atoms with E-state index in [9.17, 15) is 14.7 Å². The van der Waals surface area contributed by atoms with E-state index in [1.54, 1.807) is 39.9 Å². The molecule has 0 fully saturated rings. The van der Waals surface area contributed by atoms with Gasteiger partial charge in [0.05, 0.1) is 28.8 Å². The van der Waals surface area contributed by atoms with Gasteiger partial charge in [-0.2, -0.15) is 5.10 Å². The molecule has 0 bridgehead atoms. The molecule has 0 unspecified atom stereocenters. The minimum absolute atomic E-state index is 0.0547. The van der Waals surface area contributed by atoms with Crippen molar-refractivity contribution in [3.63, 3.8) is 0 Å². The molecule has 175 valence electrons. The molecule has 1 radical (unpaired) electrons. The van der Waals surface area contributed by atoms with Crippen LogP contribution in [-0.4, -0.2) is 57.7 Å². The second kappa shape index (κ2) is 8.76. The third-order valence-electron chi connectivity index (χ3n) is 6.58. The predicted octanol–water partition coefficient (Wildman–Crippen LogP) is 3.47. The summed E-state index contributed by atoms with van der Waals surface area (Å²) in [7, 11) is -1.35. The lowest BCUT2D eigenvalue weighted by atomic mass is 9.98. The van der Waals surface area contributed by atoms with Gasteiger partial charge in [-0.15, -0.1) is 0 Å². The minimum atomic E-state index is -1.35. The van der Waals surface area contributed by atoms with Crippen molar-refractivity contribution in [3.05, 3.63) is 75.0 Å². The molecular formula is C24H23Cl2N4O3Si. The van der Waals surface area contributed by atoms with E-state index < -0.39 is 8.96 Å². The second-order valence-corrected chi connectivity index (χ2v) is 11.8. The number of hydrogen-bond acceptors (Lipinski definition) is 4. The number of nitrogens with zero attached hydrogens (tertiary/aromatic N) is 4. The average molecular weight is 514 g/mol. The van der Waals surface area contributed by atoms with Crippen molar-refractivity contribution >= 4 is 49.2 Å². The Balaban J connectivity index is 1.44. The van der Waals surface area contributed by atoms with Crippen molar-refractivity contribution in [2.45, 2.75) is 39.0 Å². The Labute approximate surface area is 209 Å². The highest BCUT2D eigenvalue weighted by atomic mass is 35.5. The van der Waals surface area contributed by atoms with Crippen LogP contribution in [0.15, 0.2) is 42.5 Å². The second-order valence-electron chi connectivity index (χ2n) is 8.70. The quantitative estimate of drug-likeness (QED) is 0.543. The van der Waals surface area contributed by atoms with Gasteiger partial charge >= 0.3 is 0 Å². The fourth-order valence-corrected chi connectivity index (χ4v) is 6.77. The molecule has 0 saturated carbocycles. The number of hydrogen-bond donors (Lipinski definition) is 1. The highest BCUT2D eigenvalue weighted by Crippen LogP contribution is 2.31. The molecule has 1 N–H and O–H groups in total. The number of carbonyl (C=O) groups is 2. The summed E-state index contributed by atoms with van der Waals surface area (Å²) in [6.07, 6.45) is 0.581. The van der Waals surface area contributed by atoms with Crippen LogP contribution in [0.25, 0.3) is 0 Å². The SMILES string of the molecule is C[C@@H]1Cc2nn3c(c2CN1C(=O)c1ccc(Cl)c(Cl)c1)C(=O)N([Si](C)c1ccc(O)cc1)CC3. The highest BCUT2D eigenvalue weighted by Gasteiger charge is 2.38. The van der Waals surface area contributed by atoms with Gasteiger partial charge in [0.25, 0.3) is 11.8 Å². The van der Waals surface area contributed by atoms with Gasteiger partial charge in [-0.3, -0.25) is 14.3 Å². The molecule has 0 saturated heterocycles. The molecule has 2 amide bonds. The first kappa shape index (κ1) is 23.0. The van der Waals surface area contributed by atoms with Crippen molar-refractivity contribution in [2.75, 3.05) is 6.54 Å². The lowest BCUT2D eigenvalue weighted by Crippen LogP contribution is -2.53. The van der Waals surface area contributed by atoms with Crippen LogP contribution >= 0.6 is 23.2 Å². The average Bonchev–Trinajstić information content (AvgIpc) is 3.18. The highest BCUT2D eigenvalue weighted by molar-refractivity contribution is 6.71. The zero-order chi connectivity index (χ0) is 24.1. The smallest absolute Gasteiger partial charge is 0.264 e. The van der Waals surface area contributed by atoms with Crippen LogP contribution < -0.4 is 5.19 Å². The predicted molar refractivity (Wildman–Crippen MR) is 132 cm³/mol. The molecule has 34 heavy (non-hydrogen) atoms. The molecule has 0 aliphatic carbocycles. The van der Waals surface area contributed by atoms with Crippen molar-refractivity contribution in [2.24, 2.45) is 0 Å². The summed E-state index contributed by atoms with van der Waals surface area (Å²) in [6, 6.07) is 11.8. The molecule has 3 heterocycles. The number of aromatic nitrogens is 2. The number of aromatic hydroxyl groups is 1. The largest absolute Gasteiger partial charge is 0.508 e. The van der Waals surface area contributed by atoms with E-state index in [1.807, 2.05) is 23.6 Å². The van der Waals surface area contributed by atoms with Gasteiger partial charge in [-0.1, -0.05) is 35.3 Å². The van der Waals surface area contributed by atoms with Gasteiger partial charge < -0.3 is 14.6 Å². The van der Waals surface area contributed by atoms with E-state index >= 15 is 0 Å². The first-order valence-electron chi connectivity index (χ1n) is 11.0. The van der Waals surface area contributed by atoms with Crippen molar-refractivity contribution in [1.82, 2.24) is 19.2 Å². The van der Waals surface area contributed by atoms with Crippen molar-refractivity contribution in [3.8, 4) is 5.75 Å². The fraction of sp³-hybridized carbons (Fsp3) is 0.292. The maximum atomic E-state index is 13.6. The summed E-state index contributed by atoms with van der Waals surface area (Å²) in [5, 5.41) is 16.1. The standard InChI is InChI=1S/C24H23Cl2N4O3Si/c1-14-11-21-18(13-28(14)23(32)15-3-8-19(25)20(26)12-15)22-24(33)30(10-9-29(22)27-21)34(2)17-6-4-16(31)5-7-17/h3-8,12,14,31H,9-11,13H2,1-2H3/t14-/m1/s1. The maximum absolute atomic E-state index is 13.6. The van der Waals surface area contributed by atoms with Crippen LogP contribution in [-0.2, 0) is 19.5 Å². The topological polar surface area (TPSA) is 78.7 Å². The molecule has 1 atom stereocenters. The van der Waals surface area contributed by atoms with E-state index in [1.165, 1.54) is 0 Å². The number of phenols is 1. The van der Waals surface area contributed by atoms with Crippen LogP contribution in [0, 0.1) is 0 Å². The lowest BCUT2D eigenvalue weighted by molar-refractivity contribution is 0.0652. The number of amides is 2. The maximum Gasteiger partial charge on any atom is 0.264 e. The Kier molecular flexibility index (Phi) is 5.91. The van der Waals surface area contributed by atoms with Gasteiger partial charge in [0.15, 0.2) is 0 Å². The number of fused-ring (bicyclic) bond motifs is 3. The summed E-state index contributed by atoms with van der Waals surface area (Å²) in [5.74, 6) is -0.00130. The fourth-order valence-electron chi connectivity index (χ4n) is 4.67. The Bertz CT molecular complexity index is 1290. The first-order chi connectivity index (χ1) is 16.2. The Morgan fingerprint density at radius 3 is 2.56 bits per heavy atom. The van der Waals surface area contributed by atoms with Crippen molar-refractivity contribution < 1.29 is 14.7 Å². The molecule has 5 rings (SSSR count). The van der Waals surface area contributed by atoms with Gasteiger partial charge in [0.1, 0.15) is 11.4 Å². The van der Waals surface area contributed by atoms with E-state index in [0.717, 1.165) is 16.4 Å². The first-order valence-corrected chi connectivity index (χ1v) is 13.7. The summed E-state index contributed by atoms with van der Waals surface area (Å²) in [6.45, 7) is 5.58. The van der Waals surface area contributed by atoms with E-state index in [-0.39, 0.29) is 23.6 Å². The Morgan fingerprint density at radius 2 is 1.85 bits per heavy atom. The van der Waals surface area contributed by atoms with Gasteiger partial charge in [-0.05, 0) is 49.0 Å². The van der Waals surface area contributed by atoms with Crippen LogP contribution in [0.3, 0.4) is 0 Å². The number of benzene rings is 2. The molecule has 2 aliphatic heterocycles. The number of rotatable bonds is 3. The van der Waals surface area contributed by atoms with Crippen LogP contribution in [0.4, 0.5) is 0 Å². The number of phenolic OH excluding ortho intramolecular Hbond substituents is 1. The number of carbonyl (C=O) groups excluding carboxylic acids is 2. The van der Waals surface area contributed by atoms with E-state index in [0.29, 0.717) is 47.4 Å². The Morgan fingerprint density at radius 1 is 1.12 bits per heavy atom. The lowest BCUT2D eigenvalue weighted by Gasteiger charge is -2.35. The Hall–Kier alpha value is -2.81. The molecule has 7 nitrogen and oxygen atoms in total. The van der Waals surface area contributed by atoms with Gasteiger partial charge in [0.2, 0.25) is 8.96 Å². The van der Waals surface area contributed by atoms with Gasteiger partial charge in [0, 0.05) is 30.1 Å². The normalized spacial score (nSPS) is 17.7. The van der Waals surface area contributed by atoms with E-state index in [2.05, 4.69) is 6.55 Å². The molecule has 2 aliphatic rings. The van der Waals surface area contributed by atoms with Crippen LogP contribution in [0.1, 0.15) is 39.0 Å². The third-order valence-corrected chi connectivity index (χ3v) is 9.73. The molecule has 2 aromatic carbocycles. The molecule has 10 heteroatoms. The third kappa shape index (κ3) is 3.89. The zero-order valence-corrected chi connectivity index (χ0v) is 21.3. The van der Waals surface area contributed by atoms with Crippen LogP contribution in [0.5, 0.6) is 5.75 Å². The molecule has 1 aromatic heterocycles. The summed E-state index contributed by atoms with van der Waals surface area (Å²) < 4.78 is 3.73. The summed E-state index contributed by atoms with van der Waals surface area (Å²) >= 11 is 12.2. The monoisotopic (exact) mass is 513 g/mol.